The minimum Gasteiger partial charge on any atom is -0.365 e. The van der Waals surface area contributed by atoms with Crippen molar-refractivity contribution in [1.29, 1.82) is 0 Å². The number of rotatable bonds is 7. The summed E-state index contributed by atoms with van der Waals surface area (Å²) >= 11 is 3.79. The van der Waals surface area contributed by atoms with E-state index in [0.29, 0.717) is 23.8 Å². The Kier molecular flexibility index (Phi) is 6.09. The number of pyridine rings is 1. The van der Waals surface area contributed by atoms with Gasteiger partial charge in [0.2, 0.25) is 5.91 Å². The van der Waals surface area contributed by atoms with Crippen molar-refractivity contribution >= 4 is 55.0 Å². The number of carbonyl (C=O) groups excluding carboxylic acids is 2. The average Bonchev–Trinajstić information content (AvgIpc) is 3.72. The van der Waals surface area contributed by atoms with Crippen LogP contribution in [0.3, 0.4) is 0 Å². The summed E-state index contributed by atoms with van der Waals surface area (Å²) < 4.78 is 68.3. The molecule has 2 saturated carbocycles. The molecule has 2 fully saturated rings. The Hall–Kier alpha value is -2.61. The highest BCUT2D eigenvalue weighted by atomic mass is 79.9. The van der Waals surface area contributed by atoms with Gasteiger partial charge in [0.1, 0.15) is 21.4 Å². The molecule has 0 radical (unpaired) electrons. The number of amides is 2. The lowest BCUT2D eigenvalue weighted by Gasteiger charge is -2.17. The first-order valence-electron chi connectivity index (χ1n) is 11.1. The monoisotopic (exact) mass is 591 g/mol. The number of anilines is 1. The number of primary amides is 1. The number of fused-ring (bicyclic) bond motifs is 1. The van der Waals surface area contributed by atoms with Crippen molar-refractivity contribution in [2.24, 2.45) is 5.73 Å². The van der Waals surface area contributed by atoms with Gasteiger partial charge >= 0.3 is 6.18 Å². The third-order valence-corrected chi connectivity index (χ3v) is 8.17. The molecule has 2 aliphatic carbocycles. The van der Waals surface area contributed by atoms with Crippen LogP contribution in [0.25, 0.3) is 10.2 Å². The predicted molar refractivity (Wildman–Crippen MR) is 125 cm³/mol. The molecular weight excluding hydrogens is 573 g/mol. The van der Waals surface area contributed by atoms with E-state index in [1.807, 2.05) is 0 Å². The zero-order chi connectivity index (χ0) is 26.1. The zero-order valence-corrected chi connectivity index (χ0v) is 21.0. The van der Waals surface area contributed by atoms with Gasteiger partial charge in [0.05, 0.1) is 15.9 Å². The third-order valence-electron chi connectivity index (χ3n) is 6.29. The summed E-state index contributed by atoms with van der Waals surface area (Å²) in [6.07, 6.45) is -4.72. The summed E-state index contributed by atoms with van der Waals surface area (Å²) in [4.78, 5) is 29.5. The van der Waals surface area contributed by atoms with Crippen molar-refractivity contribution in [2.75, 3.05) is 5.32 Å². The Balaban J connectivity index is 1.57. The lowest BCUT2D eigenvalue weighted by Crippen LogP contribution is -2.27. The number of nitrogens with zero attached hydrogens (tertiary/aromatic N) is 3. The van der Waals surface area contributed by atoms with E-state index in [2.05, 4.69) is 31.3 Å². The highest BCUT2D eigenvalue weighted by molar-refractivity contribution is 9.10. The molecule has 3 aromatic heterocycles. The van der Waals surface area contributed by atoms with Crippen LogP contribution < -0.4 is 11.1 Å². The molecule has 1 unspecified atom stereocenters. The number of carbonyl (C=O) groups is 2. The summed E-state index contributed by atoms with van der Waals surface area (Å²) in [5.74, 6) is -1.82. The van der Waals surface area contributed by atoms with Gasteiger partial charge in [-0.1, -0.05) is 0 Å². The first kappa shape index (κ1) is 25.1. The quantitative estimate of drug-likeness (QED) is 0.316. The molecule has 5 rings (SSSR count). The maximum absolute atomic E-state index is 13.5. The van der Waals surface area contributed by atoms with Crippen LogP contribution in [0.2, 0.25) is 0 Å². The van der Waals surface area contributed by atoms with Crippen molar-refractivity contribution in [3.05, 3.63) is 38.1 Å². The number of hydrogen-bond donors (Lipinski definition) is 2. The SMILES string of the molecule is CC(C(=O)Nc1c(C(N)=O)sc2nc(C(F)F)cc(C3CC3)c12)n1nc(C(F)(F)F)c(Br)c1C1CC1. The number of nitrogens with two attached hydrogens (primary N) is 1. The van der Waals surface area contributed by atoms with Crippen LogP contribution in [0, 0.1) is 0 Å². The van der Waals surface area contributed by atoms with Gasteiger partial charge < -0.3 is 11.1 Å². The van der Waals surface area contributed by atoms with Gasteiger partial charge in [0.15, 0.2) is 5.69 Å². The molecule has 1 atom stereocenters. The molecule has 0 spiro atoms. The molecule has 2 amide bonds. The fraction of sp³-hybridized carbons (Fsp3) is 0.455. The standard InChI is InChI=1S/C22H19BrF5N5O2S/c1-7(33-15(9-4-5-9)13(23)17(32-33)22(26,27)28)20(35)31-14-12-10(8-2-3-8)6-11(18(24)25)30-21(12)36-16(14)19(29)34/h6-9,18H,2-5H2,1H3,(H2,29,34)(H,31,35). The summed E-state index contributed by atoms with van der Waals surface area (Å²) in [5, 5.41) is 6.67. The van der Waals surface area contributed by atoms with Gasteiger partial charge in [-0.3, -0.25) is 14.3 Å². The zero-order valence-electron chi connectivity index (χ0n) is 18.6. The molecule has 36 heavy (non-hydrogen) atoms. The van der Waals surface area contributed by atoms with Crippen molar-refractivity contribution in [2.45, 2.75) is 63.1 Å². The summed E-state index contributed by atoms with van der Waals surface area (Å²) in [7, 11) is 0. The number of thiophene rings is 1. The van der Waals surface area contributed by atoms with Crippen molar-refractivity contribution in [3.63, 3.8) is 0 Å². The Morgan fingerprint density at radius 1 is 1.22 bits per heavy atom. The van der Waals surface area contributed by atoms with Crippen LogP contribution in [0.1, 0.15) is 89.2 Å². The molecular formula is C22H19BrF5N5O2S. The fourth-order valence-corrected chi connectivity index (χ4v) is 6.06. The van der Waals surface area contributed by atoms with Crippen molar-refractivity contribution < 1.29 is 31.5 Å². The molecule has 0 saturated heterocycles. The van der Waals surface area contributed by atoms with E-state index in [-0.39, 0.29) is 37.4 Å². The highest BCUT2D eigenvalue weighted by Gasteiger charge is 2.43. The van der Waals surface area contributed by atoms with E-state index < -0.39 is 41.8 Å². The van der Waals surface area contributed by atoms with Crippen molar-refractivity contribution in [3.8, 4) is 0 Å². The van der Waals surface area contributed by atoms with Crippen LogP contribution in [0.5, 0.6) is 0 Å². The molecule has 0 bridgehead atoms. The first-order chi connectivity index (χ1) is 16.9. The largest absolute Gasteiger partial charge is 0.436 e. The molecule has 2 aliphatic rings. The maximum atomic E-state index is 13.5. The number of alkyl halides is 5. The first-order valence-corrected chi connectivity index (χ1v) is 12.7. The number of hydrogen-bond acceptors (Lipinski definition) is 5. The van der Waals surface area contributed by atoms with E-state index in [0.717, 1.165) is 28.9 Å². The van der Waals surface area contributed by atoms with Crippen molar-refractivity contribution in [1.82, 2.24) is 14.8 Å². The lowest BCUT2D eigenvalue weighted by atomic mass is 10.0. The lowest BCUT2D eigenvalue weighted by molar-refractivity contribution is -0.142. The molecule has 0 aromatic carbocycles. The normalized spacial score (nSPS) is 17.1. The molecule has 192 valence electrons. The Morgan fingerprint density at radius 2 is 1.86 bits per heavy atom. The topological polar surface area (TPSA) is 103 Å². The molecule has 0 aliphatic heterocycles. The van der Waals surface area contributed by atoms with Gasteiger partial charge in [-0.15, -0.1) is 11.3 Å². The predicted octanol–water partition coefficient (Wildman–Crippen LogP) is 6.27. The van der Waals surface area contributed by atoms with Crippen LogP contribution in [-0.4, -0.2) is 26.6 Å². The highest BCUT2D eigenvalue weighted by Crippen LogP contribution is 2.50. The smallest absolute Gasteiger partial charge is 0.365 e. The minimum atomic E-state index is -4.72. The van der Waals surface area contributed by atoms with E-state index >= 15 is 0 Å². The Morgan fingerprint density at radius 3 is 2.39 bits per heavy atom. The Labute approximate surface area is 213 Å². The van der Waals surface area contributed by atoms with Crippen LogP contribution in [0.15, 0.2) is 10.5 Å². The summed E-state index contributed by atoms with van der Waals surface area (Å²) in [6.45, 7) is 1.40. The molecule has 3 aromatic rings. The van der Waals surface area contributed by atoms with Gasteiger partial charge in [-0.05, 0) is 66.1 Å². The van der Waals surface area contributed by atoms with Gasteiger partial charge in [0, 0.05) is 11.3 Å². The number of halogens is 6. The molecule has 3 heterocycles. The summed E-state index contributed by atoms with van der Waals surface area (Å²) in [5.41, 5.74) is 4.79. The van der Waals surface area contributed by atoms with E-state index in [4.69, 9.17) is 5.73 Å². The maximum Gasteiger partial charge on any atom is 0.436 e. The van der Waals surface area contributed by atoms with Crippen LogP contribution >= 0.6 is 27.3 Å². The Bertz CT molecular complexity index is 1390. The minimum absolute atomic E-state index is 0.0322. The second-order valence-corrected chi connectivity index (χ2v) is 10.8. The molecule has 3 N–H and O–H groups in total. The fourth-order valence-electron chi connectivity index (χ4n) is 4.23. The second kappa shape index (κ2) is 8.75. The van der Waals surface area contributed by atoms with Gasteiger partial charge in [0.25, 0.3) is 12.3 Å². The van der Waals surface area contributed by atoms with Gasteiger partial charge in [-0.25, -0.2) is 13.8 Å². The summed E-state index contributed by atoms with van der Waals surface area (Å²) in [6, 6.07) is 0.0912. The van der Waals surface area contributed by atoms with E-state index in [9.17, 15) is 31.5 Å². The number of nitrogens with one attached hydrogen (secondary N) is 1. The van der Waals surface area contributed by atoms with E-state index in [1.165, 1.54) is 13.0 Å². The molecule has 7 nitrogen and oxygen atoms in total. The van der Waals surface area contributed by atoms with Gasteiger partial charge in [-0.2, -0.15) is 18.3 Å². The molecule has 14 heteroatoms. The van der Waals surface area contributed by atoms with Crippen LogP contribution in [0.4, 0.5) is 27.6 Å². The second-order valence-electron chi connectivity index (χ2n) is 8.99. The van der Waals surface area contributed by atoms with Crippen LogP contribution in [-0.2, 0) is 11.0 Å². The van der Waals surface area contributed by atoms with E-state index in [1.54, 1.807) is 0 Å². The average molecular weight is 592 g/mol. The third kappa shape index (κ3) is 4.38. The number of aromatic nitrogens is 3.